The Balaban J connectivity index is 1.74. The quantitative estimate of drug-likeness (QED) is 0.472. The van der Waals surface area contributed by atoms with Gasteiger partial charge in [-0.1, -0.05) is 12.1 Å². The van der Waals surface area contributed by atoms with Crippen molar-refractivity contribution in [2.75, 3.05) is 33.2 Å². The van der Waals surface area contributed by atoms with Crippen molar-refractivity contribution in [3.8, 4) is 11.5 Å². The number of methoxy groups -OCH3 is 2. The lowest BCUT2D eigenvalue weighted by Gasteiger charge is -2.22. The van der Waals surface area contributed by atoms with Crippen LogP contribution in [0, 0.1) is 0 Å². The molecule has 1 atom stereocenters. The Morgan fingerprint density at radius 3 is 2.44 bits per heavy atom. The monoisotopic (exact) mass is 497 g/mol. The van der Waals surface area contributed by atoms with Crippen LogP contribution in [-0.2, 0) is 0 Å². The van der Waals surface area contributed by atoms with E-state index in [0.29, 0.717) is 22.6 Å². The molecule has 7 nitrogen and oxygen atoms in total. The number of benzene rings is 2. The van der Waals surface area contributed by atoms with Gasteiger partial charge in [0.25, 0.3) is 0 Å². The molecule has 1 aromatic heterocycles. The van der Waals surface area contributed by atoms with Crippen LogP contribution < -0.4 is 14.4 Å². The number of halogens is 1. The fraction of sp³-hybridized carbons (Fsp3) is 0.250. The maximum Gasteiger partial charge on any atom is 0.310 e. The van der Waals surface area contributed by atoms with E-state index in [9.17, 15) is 4.79 Å². The number of hydrazone groups is 1. The zero-order chi connectivity index (χ0) is 22.8. The summed E-state index contributed by atoms with van der Waals surface area (Å²) in [5.41, 5.74) is 3.64. The lowest BCUT2D eigenvalue weighted by molar-refractivity contribution is 0.0677. The number of amides is 1. The van der Waals surface area contributed by atoms with Gasteiger partial charge < -0.3 is 18.8 Å². The van der Waals surface area contributed by atoms with Gasteiger partial charge >= 0.3 is 5.91 Å². The molecule has 1 amide bonds. The smallest absolute Gasteiger partial charge is 0.310 e. The number of anilines is 1. The summed E-state index contributed by atoms with van der Waals surface area (Å²) in [6, 6.07) is 16.8. The maximum absolute atomic E-state index is 13.3. The predicted molar refractivity (Wildman–Crippen MR) is 127 cm³/mol. The first-order chi connectivity index (χ1) is 15.4. The summed E-state index contributed by atoms with van der Waals surface area (Å²) in [6.45, 7) is 0. The van der Waals surface area contributed by atoms with Gasteiger partial charge in [-0.05, 0) is 57.9 Å². The van der Waals surface area contributed by atoms with E-state index in [4.69, 9.17) is 19.0 Å². The molecular weight excluding hydrogens is 474 g/mol. The third-order valence-corrected chi connectivity index (χ3v) is 5.84. The van der Waals surface area contributed by atoms with Crippen LogP contribution in [0.4, 0.5) is 5.69 Å². The van der Waals surface area contributed by atoms with Crippen molar-refractivity contribution in [3.05, 3.63) is 76.2 Å². The SMILES string of the molecule is COc1ccc(C2=NN(C(=O)c3ccc(Br)o3)[C@@H](c3ccc(N(C)C)cc3)C2)c(OC)c1. The van der Waals surface area contributed by atoms with Gasteiger partial charge in [0, 0.05) is 37.8 Å². The summed E-state index contributed by atoms with van der Waals surface area (Å²) in [6.07, 6.45) is 0.539. The Hall–Kier alpha value is -3.26. The minimum Gasteiger partial charge on any atom is -0.497 e. The molecule has 2 aromatic carbocycles. The van der Waals surface area contributed by atoms with Gasteiger partial charge in [0.05, 0.1) is 26.0 Å². The molecule has 0 radical (unpaired) electrons. The van der Waals surface area contributed by atoms with E-state index in [1.807, 2.05) is 61.5 Å². The van der Waals surface area contributed by atoms with Gasteiger partial charge in [-0.15, -0.1) is 0 Å². The zero-order valence-corrected chi connectivity index (χ0v) is 19.9. The first-order valence-corrected chi connectivity index (χ1v) is 10.9. The molecule has 0 bridgehead atoms. The molecule has 0 aliphatic carbocycles. The second-order valence-corrected chi connectivity index (χ2v) is 8.35. The van der Waals surface area contributed by atoms with Crippen LogP contribution in [0.15, 0.2) is 68.8 Å². The highest BCUT2D eigenvalue weighted by Crippen LogP contribution is 2.37. The minimum absolute atomic E-state index is 0.221. The third-order valence-electron chi connectivity index (χ3n) is 5.42. The van der Waals surface area contributed by atoms with Crippen molar-refractivity contribution in [1.82, 2.24) is 5.01 Å². The Morgan fingerprint density at radius 2 is 1.84 bits per heavy atom. The molecule has 4 rings (SSSR count). The third kappa shape index (κ3) is 4.23. The molecule has 1 aliphatic rings. The highest BCUT2D eigenvalue weighted by Gasteiger charge is 2.35. The van der Waals surface area contributed by atoms with Crippen molar-refractivity contribution in [2.24, 2.45) is 5.10 Å². The highest BCUT2D eigenvalue weighted by molar-refractivity contribution is 9.10. The molecule has 0 saturated carbocycles. The molecule has 0 fully saturated rings. The summed E-state index contributed by atoms with van der Waals surface area (Å²) in [7, 11) is 7.20. The minimum atomic E-state index is -0.306. The lowest BCUT2D eigenvalue weighted by Crippen LogP contribution is -2.26. The summed E-state index contributed by atoms with van der Waals surface area (Å²) >= 11 is 3.27. The topological polar surface area (TPSA) is 67.5 Å². The van der Waals surface area contributed by atoms with Crippen LogP contribution in [0.5, 0.6) is 11.5 Å². The van der Waals surface area contributed by atoms with Crippen molar-refractivity contribution in [3.63, 3.8) is 0 Å². The van der Waals surface area contributed by atoms with E-state index in [-0.39, 0.29) is 17.7 Å². The summed E-state index contributed by atoms with van der Waals surface area (Å²) < 4.78 is 16.9. The molecule has 3 aromatic rings. The maximum atomic E-state index is 13.3. The van der Waals surface area contributed by atoms with Crippen LogP contribution >= 0.6 is 15.9 Å². The Bertz CT molecular complexity index is 1150. The van der Waals surface area contributed by atoms with E-state index in [2.05, 4.69) is 15.9 Å². The number of nitrogens with zero attached hydrogens (tertiary/aromatic N) is 3. The molecular formula is C24H24BrN3O4. The second kappa shape index (κ2) is 9.08. The van der Waals surface area contributed by atoms with E-state index >= 15 is 0 Å². The first kappa shape index (κ1) is 22.0. The molecule has 8 heteroatoms. The van der Waals surface area contributed by atoms with Crippen LogP contribution in [0.3, 0.4) is 0 Å². The average molecular weight is 498 g/mol. The fourth-order valence-corrected chi connectivity index (χ4v) is 4.00. The Morgan fingerprint density at radius 1 is 1.09 bits per heavy atom. The summed E-state index contributed by atoms with van der Waals surface area (Å²) in [5, 5.41) is 6.21. The first-order valence-electron chi connectivity index (χ1n) is 10.1. The van der Waals surface area contributed by atoms with Gasteiger partial charge in [0.15, 0.2) is 10.4 Å². The number of rotatable bonds is 6. The lowest BCUT2D eigenvalue weighted by atomic mass is 9.97. The van der Waals surface area contributed by atoms with E-state index < -0.39 is 0 Å². The second-order valence-electron chi connectivity index (χ2n) is 7.57. The van der Waals surface area contributed by atoms with Crippen molar-refractivity contribution in [1.29, 1.82) is 0 Å². The molecule has 1 aliphatic heterocycles. The fourth-order valence-electron chi connectivity index (χ4n) is 3.69. The molecule has 166 valence electrons. The van der Waals surface area contributed by atoms with E-state index in [1.165, 1.54) is 5.01 Å². The van der Waals surface area contributed by atoms with Crippen molar-refractivity contribution in [2.45, 2.75) is 12.5 Å². The summed E-state index contributed by atoms with van der Waals surface area (Å²) in [5.74, 6) is 1.24. The van der Waals surface area contributed by atoms with Gasteiger partial charge in [-0.25, -0.2) is 5.01 Å². The normalized spacial score (nSPS) is 15.5. The summed E-state index contributed by atoms with van der Waals surface area (Å²) in [4.78, 5) is 15.3. The van der Waals surface area contributed by atoms with Crippen LogP contribution in [0.1, 0.15) is 34.1 Å². The molecule has 0 unspecified atom stereocenters. The Labute approximate surface area is 195 Å². The van der Waals surface area contributed by atoms with Gasteiger partial charge in [-0.3, -0.25) is 4.79 Å². The number of carbonyl (C=O) groups is 1. The van der Waals surface area contributed by atoms with Crippen LogP contribution in [-0.4, -0.2) is 44.9 Å². The predicted octanol–water partition coefficient (Wildman–Crippen LogP) is 5.12. The average Bonchev–Trinajstić information content (AvgIpc) is 3.45. The van der Waals surface area contributed by atoms with Crippen molar-refractivity contribution < 1.29 is 18.7 Å². The Kier molecular flexibility index (Phi) is 6.23. The molecule has 0 saturated heterocycles. The number of ether oxygens (including phenoxy) is 2. The molecule has 32 heavy (non-hydrogen) atoms. The van der Waals surface area contributed by atoms with Crippen LogP contribution in [0.25, 0.3) is 0 Å². The number of furan rings is 1. The number of hydrogen-bond acceptors (Lipinski definition) is 6. The highest BCUT2D eigenvalue weighted by atomic mass is 79.9. The number of hydrogen-bond donors (Lipinski definition) is 0. The van der Waals surface area contributed by atoms with E-state index in [1.54, 1.807) is 26.4 Å². The standard InChI is InChI=1S/C24H24BrN3O4/c1-27(2)16-7-5-15(6-8-16)20-14-19(18-10-9-17(30-3)13-22(18)31-4)26-28(20)24(29)21-11-12-23(25)32-21/h5-13,20H,14H2,1-4H3/t20-/m1/s1. The van der Waals surface area contributed by atoms with E-state index in [0.717, 1.165) is 22.5 Å². The van der Waals surface area contributed by atoms with Gasteiger partial charge in [0.1, 0.15) is 11.5 Å². The van der Waals surface area contributed by atoms with Gasteiger partial charge in [0.2, 0.25) is 0 Å². The van der Waals surface area contributed by atoms with Gasteiger partial charge in [-0.2, -0.15) is 5.10 Å². The van der Waals surface area contributed by atoms with Crippen molar-refractivity contribution >= 4 is 33.2 Å². The molecule has 2 heterocycles. The molecule has 0 N–H and O–H groups in total. The van der Waals surface area contributed by atoms with Crippen LogP contribution in [0.2, 0.25) is 0 Å². The zero-order valence-electron chi connectivity index (χ0n) is 18.3. The molecule has 0 spiro atoms. The number of carbonyl (C=O) groups excluding carboxylic acids is 1. The largest absolute Gasteiger partial charge is 0.497 e.